The van der Waals surface area contributed by atoms with E-state index >= 15 is 0 Å². The van der Waals surface area contributed by atoms with Gasteiger partial charge in [0.15, 0.2) is 0 Å². The first-order valence-electron chi connectivity index (χ1n) is 7.63. The summed E-state index contributed by atoms with van der Waals surface area (Å²) in [4.78, 5) is 2.50. The lowest BCUT2D eigenvalue weighted by Gasteiger charge is -2.42. The molecule has 0 radical (unpaired) electrons. The molecule has 0 atom stereocenters. The van der Waals surface area contributed by atoms with Crippen LogP contribution in [0.25, 0.3) is 0 Å². The Morgan fingerprint density at radius 3 is 1.73 bits per heavy atom. The van der Waals surface area contributed by atoms with Gasteiger partial charge in [0.1, 0.15) is 0 Å². The fraction of sp³-hybridized carbons (Fsp3) is 0.429. The van der Waals surface area contributed by atoms with Gasteiger partial charge in [-0.3, -0.25) is 0 Å². The summed E-state index contributed by atoms with van der Waals surface area (Å²) < 4.78 is 0. The van der Waals surface area contributed by atoms with Crippen molar-refractivity contribution in [2.45, 2.75) is 53.9 Å². The monoisotopic (exact) mass is 297 g/mol. The van der Waals surface area contributed by atoms with Gasteiger partial charge in [0.25, 0.3) is 0 Å². The standard InChI is InChI=1S/C19H23N.2CH4/c1-4-5-14-20-17-12-8-6-10-15(17)19(2,3)16-11-7-9-13-18(16)20;;/h6-13H,4-5,14H2,1-3H3;2*1H4. The highest BCUT2D eigenvalue weighted by molar-refractivity contribution is 5.77. The van der Waals surface area contributed by atoms with Crippen molar-refractivity contribution in [3.8, 4) is 0 Å². The molecule has 2 aromatic carbocycles. The maximum Gasteiger partial charge on any atom is 0.0452 e. The lowest BCUT2D eigenvalue weighted by atomic mass is 9.73. The predicted octanol–water partition coefficient (Wildman–Crippen LogP) is 6.54. The van der Waals surface area contributed by atoms with Crippen LogP contribution in [0.15, 0.2) is 48.5 Å². The number of benzene rings is 2. The van der Waals surface area contributed by atoms with E-state index in [1.807, 2.05) is 0 Å². The van der Waals surface area contributed by atoms with Crippen LogP contribution in [-0.2, 0) is 5.41 Å². The summed E-state index contributed by atoms with van der Waals surface area (Å²) in [5, 5.41) is 0. The zero-order valence-corrected chi connectivity index (χ0v) is 12.7. The molecule has 0 aliphatic carbocycles. The van der Waals surface area contributed by atoms with Gasteiger partial charge in [-0.2, -0.15) is 0 Å². The fourth-order valence-corrected chi connectivity index (χ4v) is 3.31. The van der Waals surface area contributed by atoms with Gasteiger partial charge in [-0.15, -0.1) is 0 Å². The van der Waals surface area contributed by atoms with Gasteiger partial charge in [0.2, 0.25) is 0 Å². The number of hydrogen-bond donors (Lipinski definition) is 0. The Hall–Kier alpha value is -1.76. The number of hydrogen-bond acceptors (Lipinski definition) is 1. The molecule has 0 N–H and O–H groups in total. The molecule has 1 nitrogen and oxygen atoms in total. The molecule has 0 amide bonds. The third-order valence-corrected chi connectivity index (χ3v) is 4.47. The van der Waals surface area contributed by atoms with E-state index in [-0.39, 0.29) is 20.3 Å². The van der Waals surface area contributed by atoms with Gasteiger partial charge in [0.05, 0.1) is 0 Å². The van der Waals surface area contributed by atoms with E-state index in [4.69, 9.17) is 0 Å². The van der Waals surface area contributed by atoms with Crippen LogP contribution in [0.2, 0.25) is 0 Å². The Labute approximate surface area is 137 Å². The molecule has 1 aliphatic heterocycles. The highest BCUT2D eigenvalue weighted by Gasteiger charge is 2.35. The minimum absolute atomic E-state index is 0. The number of unbranched alkanes of at least 4 members (excludes halogenated alkanes) is 1. The largest absolute Gasteiger partial charge is 0.341 e. The molecule has 0 fully saturated rings. The molecular weight excluding hydrogens is 266 g/mol. The van der Waals surface area contributed by atoms with Crippen LogP contribution in [0.1, 0.15) is 59.6 Å². The minimum Gasteiger partial charge on any atom is -0.341 e. The first kappa shape index (κ1) is 18.3. The van der Waals surface area contributed by atoms with Crippen LogP contribution < -0.4 is 4.90 Å². The van der Waals surface area contributed by atoms with E-state index < -0.39 is 0 Å². The molecule has 0 aromatic heterocycles. The van der Waals surface area contributed by atoms with Gasteiger partial charge < -0.3 is 4.90 Å². The summed E-state index contributed by atoms with van der Waals surface area (Å²) in [5.41, 5.74) is 5.72. The number of nitrogens with zero attached hydrogens (tertiary/aromatic N) is 1. The van der Waals surface area contributed by atoms with Crippen molar-refractivity contribution in [3.63, 3.8) is 0 Å². The second kappa shape index (κ2) is 7.00. The summed E-state index contributed by atoms with van der Waals surface area (Å²) in [6, 6.07) is 17.7. The zero-order chi connectivity index (χ0) is 14.2. The summed E-state index contributed by atoms with van der Waals surface area (Å²) in [6.07, 6.45) is 2.45. The first-order chi connectivity index (χ1) is 9.66. The van der Waals surface area contributed by atoms with Crippen molar-refractivity contribution >= 4 is 11.4 Å². The normalized spacial score (nSPS) is 14.2. The summed E-state index contributed by atoms with van der Waals surface area (Å²) in [6.45, 7) is 8.02. The van der Waals surface area contributed by atoms with E-state index in [0.717, 1.165) is 6.54 Å². The van der Waals surface area contributed by atoms with Crippen LogP contribution in [0.5, 0.6) is 0 Å². The molecule has 3 rings (SSSR count). The second-order valence-electron chi connectivity index (χ2n) is 6.16. The Balaban J connectivity index is 0.00000121. The lowest BCUT2D eigenvalue weighted by molar-refractivity contribution is 0.620. The van der Waals surface area contributed by atoms with Crippen molar-refractivity contribution in [3.05, 3.63) is 59.7 Å². The number of rotatable bonds is 3. The molecule has 1 heterocycles. The maximum absolute atomic E-state index is 2.50. The summed E-state index contributed by atoms with van der Waals surface area (Å²) in [7, 11) is 0. The van der Waals surface area contributed by atoms with Crippen molar-refractivity contribution < 1.29 is 0 Å². The van der Waals surface area contributed by atoms with E-state index in [0.29, 0.717) is 0 Å². The van der Waals surface area contributed by atoms with E-state index in [1.54, 1.807) is 0 Å². The van der Waals surface area contributed by atoms with Crippen LogP contribution in [0.4, 0.5) is 11.4 Å². The quantitative estimate of drug-likeness (QED) is 0.622. The van der Waals surface area contributed by atoms with Crippen molar-refractivity contribution in [2.75, 3.05) is 11.4 Å². The van der Waals surface area contributed by atoms with Gasteiger partial charge in [-0.1, -0.05) is 78.4 Å². The zero-order valence-electron chi connectivity index (χ0n) is 12.7. The second-order valence-corrected chi connectivity index (χ2v) is 6.16. The van der Waals surface area contributed by atoms with Gasteiger partial charge in [0, 0.05) is 23.3 Å². The van der Waals surface area contributed by atoms with Gasteiger partial charge >= 0.3 is 0 Å². The minimum atomic E-state index is 0. The van der Waals surface area contributed by atoms with E-state index in [9.17, 15) is 0 Å². The topological polar surface area (TPSA) is 3.24 Å². The van der Waals surface area contributed by atoms with Crippen LogP contribution in [0.3, 0.4) is 0 Å². The Bertz CT molecular complexity index is 563. The highest BCUT2D eigenvalue weighted by Crippen LogP contribution is 2.48. The van der Waals surface area contributed by atoms with E-state index in [2.05, 4.69) is 74.2 Å². The molecule has 120 valence electrons. The molecule has 0 bridgehead atoms. The van der Waals surface area contributed by atoms with E-state index in [1.165, 1.54) is 35.3 Å². The van der Waals surface area contributed by atoms with Gasteiger partial charge in [-0.25, -0.2) is 0 Å². The SMILES string of the molecule is C.C.CCCCN1c2ccccc2C(C)(C)c2ccccc21. The molecule has 22 heavy (non-hydrogen) atoms. The Morgan fingerprint density at radius 1 is 0.818 bits per heavy atom. The third-order valence-electron chi connectivity index (χ3n) is 4.47. The van der Waals surface area contributed by atoms with Crippen LogP contribution in [-0.4, -0.2) is 6.54 Å². The maximum atomic E-state index is 2.50. The molecule has 0 unspecified atom stereocenters. The molecule has 0 saturated carbocycles. The average molecular weight is 297 g/mol. The van der Waals surface area contributed by atoms with Crippen LogP contribution >= 0.6 is 0 Å². The third kappa shape index (κ3) is 2.77. The molecule has 1 aliphatic rings. The van der Waals surface area contributed by atoms with Crippen molar-refractivity contribution in [1.82, 2.24) is 0 Å². The molecule has 1 heteroatoms. The fourth-order valence-electron chi connectivity index (χ4n) is 3.31. The van der Waals surface area contributed by atoms with Gasteiger partial charge in [-0.05, 0) is 29.7 Å². The summed E-state index contributed by atoms with van der Waals surface area (Å²) in [5.74, 6) is 0. The number of anilines is 2. The average Bonchev–Trinajstić information content (AvgIpc) is 2.48. The Morgan fingerprint density at radius 2 is 1.27 bits per heavy atom. The lowest BCUT2D eigenvalue weighted by Crippen LogP contribution is -2.33. The Kier molecular flexibility index (Phi) is 5.82. The highest BCUT2D eigenvalue weighted by atomic mass is 15.1. The molecule has 0 saturated heterocycles. The number of para-hydroxylation sites is 2. The molecule has 2 aromatic rings. The smallest absolute Gasteiger partial charge is 0.0452 e. The van der Waals surface area contributed by atoms with Crippen molar-refractivity contribution in [1.29, 1.82) is 0 Å². The molecule has 0 spiro atoms. The predicted molar refractivity (Wildman–Crippen MR) is 100 cm³/mol. The molecular formula is C21H31N. The summed E-state index contributed by atoms with van der Waals surface area (Å²) >= 11 is 0. The van der Waals surface area contributed by atoms with Crippen molar-refractivity contribution in [2.24, 2.45) is 0 Å². The first-order valence-corrected chi connectivity index (χ1v) is 7.63. The number of fused-ring (bicyclic) bond motifs is 2. The van der Waals surface area contributed by atoms with Crippen LogP contribution in [0, 0.1) is 0 Å².